The average Bonchev–Trinajstić information content (AvgIpc) is 3.67. The first-order valence-corrected chi connectivity index (χ1v) is 16.1. The SMILES string of the molecule is Cc1oc2nc1C(=O)N[C@@H](C(C)C)c1nc(cs1)C(=O)NCCN(Cc1cccnc1)CCCC(=O)N[C@H]2Cc1ccccc1. The molecular weight excluding hydrogens is 590 g/mol. The summed E-state index contributed by atoms with van der Waals surface area (Å²) in [5.74, 6) is -0.199. The molecule has 0 unspecified atom stereocenters. The van der Waals surface area contributed by atoms with E-state index < -0.39 is 18.0 Å². The molecule has 0 saturated heterocycles. The first kappa shape index (κ1) is 32.0. The quantitative estimate of drug-likeness (QED) is 0.295. The second-order valence-electron chi connectivity index (χ2n) is 11.5. The summed E-state index contributed by atoms with van der Waals surface area (Å²) in [6.45, 7) is 7.92. The van der Waals surface area contributed by atoms with Crippen LogP contribution in [0.15, 0.2) is 64.7 Å². The topological polar surface area (TPSA) is 142 Å². The number of oxazole rings is 1. The third kappa shape index (κ3) is 8.61. The monoisotopic (exact) mass is 629 g/mol. The Morgan fingerprint density at radius 1 is 1.00 bits per heavy atom. The van der Waals surface area contributed by atoms with Gasteiger partial charge in [0.2, 0.25) is 11.8 Å². The minimum Gasteiger partial charge on any atom is -0.443 e. The molecule has 2 atom stereocenters. The average molecular weight is 630 g/mol. The van der Waals surface area contributed by atoms with Crippen LogP contribution in [-0.4, -0.2) is 57.2 Å². The Labute approximate surface area is 266 Å². The number of amides is 3. The normalized spacial score (nSPS) is 19.1. The molecular formula is C33H39N7O4S. The summed E-state index contributed by atoms with van der Waals surface area (Å²) in [5, 5.41) is 11.5. The number of hydrogen-bond acceptors (Lipinski definition) is 9. The molecule has 0 radical (unpaired) electrons. The molecule has 0 spiro atoms. The summed E-state index contributed by atoms with van der Waals surface area (Å²) in [7, 11) is 0. The standard InChI is InChI=1S/C33H39N7O4S/c1-21(2)28-33-37-26(20-45-33)30(42)35-14-16-40(19-24-11-7-13-34-18-24)15-8-12-27(41)36-25(17-23-9-5-4-6-10-23)32-39-29(22(3)44-32)31(43)38-28/h4-7,9-11,13,18,20-21,25,28H,8,12,14-17,19H2,1-3H3,(H,35,42)(H,36,41)(H,38,43)/t25-,28-/m0/s1. The van der Waals surface area contributed by atoms with Crippen LogP contribution in [-0.2, 0) is 17.8 Å². The molecule has 4 bridgehead atoms. The molecule has 1 aromatic carbocycles. The number of benzene rings is 1. The molecule has 1 aliphatic rings. The van der Waals surface area contributed by atoms with Crippen LogP contribution < -0.4 is 16.0 Å². The fourth-order valence-electron chi connectivity index (χ4n) is 5.25. The van der Waals surface area contributed by atoms with E-state index in [0.717, 1.165) is 11.1 Å². The lowest BCUT2D eigenvalue weighted by molar-refractivity contribution is -0.122. The highest BCUT2D eigenvalue weighted by atomic mass is 32.1. The number of nitrogens with one attached hydrogen (secondary N) is 3. The highest BCUT2D eigenvalue weighted by molar-refractivity contribution is 7.09. The Kier molecular flexibility index (Phi) is 10.7. The van der Waals surface area contributed by atoms with Crippen molar-refractivity contribution in [3.8, 4) is 0 Å². The van der Waals surface area contributed by atoms with E-state index in [0.29, 0.717) is 55.5 Å². The summed E-state index contributed by atoms with van der Waals surface area (Å²) < 4.78 is 6.02. The molecule has 0 saturated carbocycles. The third-order valence-electron chi connectivity index (χ3n) is 7.64. The van der Waals surface area contributed by atoms with Crippen LogP contribution in [0.1, 0.15) is 87.5 Å². The van der Waals surface area contributed by atoms with E-state index >= 15 is 0 Å². The molecule has 3 amide bonds. The minimum absolute atomic E-state index is 0.00769. The molecule has 11 nitrogen and oxygen atoms in total. The van der Waals surface area contributed by atoms with Crippen molar-refractivity contribution in [3.63, 3.8) is 0 Å². The van der Waals surface area contributed by atoms with Crippen LogP contribution >= 0.6 is 11.3 Å². The van der Waals surface area contributed by atoms with Crippen LogP contribution in [0.2, 0.25) is 0 Å². The molecule has 1 aliphatic heterocycles. The van der Waals surface area contributed by atoms with E-state index in [1.807, 2.05) is 62.5 Å². The van der Waals surface area contributed by atoms with Gasteiger partial charge in [-0.25, -0.2) is 9.97 Å². The lowest BCUT2D eigenvalue weighted by Gasteiger charge is -2.23. The molecule has 5 rings (SSSR count). The third-order valence-corrected chi connectivity index (χ3v) is 8.57. The molecule has 12 heteroatoms. The highest BCUT2D eigenvalue weighted by Gasteiger charge is 2.29. The van der Waals surface area contributed by atoms with E-state index in [-0.39, 0.29) is 35.7 Å². The van der Waals surface area contributed by atoms with Gasteiger partial charge in [-0.1, -0.05) is 50.2 Å². The van der Waals surface area contributed by atoms with E-state index in [9.17, 15) is 14.4 Å². The van der Waals surface area contributed by atoms with Gasteiger partial charge in [-0.15, -0.1) is 11.3 Å². The van der Waals surface area contributed by atoms with Crippen molar-refractivity contribution in [2.24, 2.45) is 5.92 Å². The molecule has 4 aromatic rings. The summed E-state index contributed by atoms with van der Waals surface area (Å²) in [6, 6.07) is 12.7. The van der Waals surface area contributed by atoms with Gasteiger partial charge in [0.25, 0.3) is 11.8 Å². The van der Waals surface area contributed by atoms with Gasteiger partial charge in [0.05, 0.1) is 6.04 Å². The maximum Gasteiger partial charge on any atom is 0.274 e. The zero-order valence-corrected chi connectivity index (χ0v) is 26.6. The largest absolute Gasteiger partial charge is 0.443 e. The maximum absolute atomic E-state index is 13.5. The molecule has 3 aromatic heterocycles. The fourth-order valence-corrected chi connectivity index (χ4v) is 6.27. The molecule has 4 heterocycles. The zero-order chi connectivity index (χ0) is 31.8. The predicted octanol–water partition coefficient (Wildman–Crippen LogP) is 4.39. The summed E-state index contributed by atoms with van der Waals surface area (Å²) >= 11 is 1.33. The highest BCUT2D eigenvalue weighted by Crippen LogP contribution is 2.27. The number of thiazole rings is 1. The molecule has 45 heavy (non-hydrogen) atoms. The Morgan fingerprint density at radius 2 is 1.80 bits per heavy atom. The van der Waals surface area contributed by atoms with Crippen molar-refractivity contribution in [2.75, 3.05) is 19.6 Å². The van der Waals surface area contributed by atoms with Gasteiger partial charge in [0.1, 0.15) is 22.5 Å². The van der Waals surface area contributed by atoms with Crippen molar-refractivity contribution in [2.45, 2.75) is 58.7 Å². The lowest BCUT2D eigenvalue weighted by atomic mass is 10.0. The number of aromatic nitrogens is 3. The predicted molar refractivity (Wildman–Crippen MR) is 171 cm³/mol. The van der Waals surface area contributed by atoms with Gasteiger partial charge in [-0.3, -0.25) is 24.3 Å². The number of rotatable bonds is 5. The number of aryl methyl sites for hydroxylation is 1. The smallest absolute Gasteiger partial charge is 0.274 e. The van der Waals surface area contributed by atoms with Crippen molar-refractivity contribution in [1.82, 2.24) is 35.8 Å². The summed E-state index contributed by atoms with van der Waals surface area (Å²) in [4.78, 5) is 55.4. The van der Waals surface area contributed by atoms with Crippen LogP contribution in [0.5, 0.6) is 0 Å². The maximum atomic E-state index is 13.5. The van der Waals surface area contributed by atoms with Crippen LogP contribution in [0.4, 0.5) is 0 Å². The summed E-state index contributed by atoms with van der Waals surface area (Å²) in [5.41, 5.74) is 2.51. The van der Waals surface area contributed by atoms with Gasteiger partial charge < -0.3 is 20.4 Å². The molecule has 236 valence electrons. The second-order valence-corrected chi connectivity index (χ2v) is 12.4. The first-order chi connectivity index (χ1) is 21.8. The van der Waals surface area contributed by atoms with Gasteiger partial charge >= 0.3 is 0 Å². The van der Waals surface area contributed by atoms with E-state index in [2.05, 4.69) is 35.8 Å². The van der Waals surface area contributed by atoms with Crippen LogP contribution in [0, 0.1) is 12.8 Å². The Balaban J connectivity index is 1.43. The van der Waals surface area contributed by atoms with E-state index in [4.69, 9.17) is 4.42 Å². The minimum atomic E-state index is -0.560. The number of carbonyl (C=O) groups excluding carboxylic acids is 3. The first-order valence-electron chi connectivity index (χ1n) is 15.2. The summed E-state index contributed by atoms with van der Waals surface area (Å²) in [6.07, 6.45) is 4.90. The van der Waals surface area contributed by atoms with Gasteiger partial charge in [0.15, 0.2) is 5.69 Å². The van der Waals surface area contributed by atoms with Crippen molar-refractivity contribution in [3.05, 3.63) is 99.4 Å². The van der Waals surface area contributed by atoms with Crippen molar-refractivity contribution in [1.29, 1.82) is 0 Å². The number of carbonyl (C=O) groups is 3. The number of pyridine rings is 1. The van der Waals surface area contributed by atoms with Gasteiger partial charge in [-0.2, -0.15) is 0 Å². The molecule has 0 fully saturated rings. The van der Waals surface area contributed by atoms with Crippen LogP contribution in [0.25, 0.3) is 0 Å². The Morgan fingerprint density at radius 3 is 2.56 bits per heavy atom. The zero-order valence-electron chi connectivity index (χ0n) is 25.8. The van der Waals surface area contributed by atoms with E-state index in [1.165, 1.54) is 11.3 Å². The van der Waals surface area contributed by atoms with Gasteiger partial charge in [0, 0.05) is 50.2 Å². The number of fused-ring (bicyclic) bond motifs is 4. The fraction of sp³-hybridized carbons (Fsp3) is 0.394. The van der Waals surface area contributed by atoms with Crippen LogP contribution in [0.3, 0.4) is 0 Å². The molecule has 3 N–H and O–H groups in total. The van der Waals surface area contributed by atoms with E-state index in [1.54, 1.807) is 18.5 Å². The molecule has 0 aliphatic carbocycles. The Hall–Kier alpha value is -4.42. The lowest BCUT2D eigenvalue weighted by Crippen LogP contribution is -2.36. The number of hydrogen-bond donors (Lipinski definition) is 3. The van der Waals surface area contributed by atoms with Crippen molar-refractivity contribution >= 4 is 29.1 Å². The Bertz CT molecular complexity index is 1590. The number of nitrogens with zero attached hydrogens (tertiary/aromatic N) is 4. The second kappa shape index (κ2) is 15.0. The van der Waals surface area contributed by atoms with Gasteiger partial charge in [-0.05, 0) is 43.0 Å². The van der Waals surface area contributed by atoms with Crippen molar-refractivity contribution < 1.29 is 18.8 Å².